The smallest absolute Gasteiger partial charge is 0.292 e. The van der Waals surface area contributed by atoms with Gasteiger partial charge in [0.2, 0.25) is 5.82 Å². The molecule has 0 aliphatic carbocycles. The van der Waals surface area contributed by atoms with Gasteiger partial charge in [0.25, 0.3) is 0 Å². The summed E-state index contributed by atoms with van der Waals surface area (Å²) in [4.78, 5) is 18.6. The van der Waals surface area contributed by atoms with E-state index < -0.39 is 0 Å². The zero-order chi connectivity index (χ0) is 28.3. The van der Waals surface area contributed by atoms with Crippen molar-refractivity contribution in [2.75, 3.05) is 0 Å². The number of tetrazole rings is 1. The summed E-state index contributed by atoms with van der Waals surface area (Å²) in [7, 11) is 0. The van der Waals surface area contributed by atoms with Crippen molar-refractivity contribution in [1.29, 1.82) is 0 Å². The molecule has 8 nitrogen and oxygen atoms in total. The summed E-state index contributed by atoms with van der Waals surface area (Å²) in [6.45, 7) is 11.5. The van der Waals surface area contributed by atoms with Crippen molar-refractivity contribution >= 4 is 0 Å². The summed E-state index contributed by atoms with van der Waals surface area (Å²) in [6.07, 6.45) is 7.58. The molecule has 5 aromatic rings. The van der Waals surface area contributed by atoms with E-state index in [1.807, 2.05) is 33.4 Å². The molecule has 206 valence electrons. The quantitative estimate of drug-likeness (QED) is 0.245. The number of imidazole rings is 1. The minimum Gasteiger partial charge on any atom is -0.292 e. The Labute approximate surface area is 235 Å². The highest BCUT2D eigenvalue weighted by molar-refractivity contribution is 5.76. The molecule has 3 aromatic heterocycles. The largest absolute Gasteiger partial charge is 0.333 e. The topological polar surface area (TPSA) is 94.3 Å². The van der Waals surface area contributed by atoms with Crippen LogP contribution in [0.1, 0.15) is 69.8 Å². The average molecular weight is 536 g/mol. The monoisotopic (exact) mass is 535 g/mol. The number of pyridine rings is 1. The van der Waals surface area contributed by atoms with Crippen molar-refractivity contribution in [2.24, 2.45) is 0 Å². The molecule has 0 aliphatic heterocycles. The summed E-state index contributed by atoms with van der Waals surface area (Å²) >= 11 is 0. The van der Waals surface area contributed by atoms with Crippen LogP contribution in [0.15, 0.2) is 71.8 Å². The summed E-state index contributed by atoms with van der Waals surface area (Å²) in [5.41, 5.74) is 8.01. The minimum absolute atomic E-state index is 0.00528. The summed E-state index contributed by atoms with van der Waals surface area (Å²) in [5, 5.41) is 14.4. The number of hydrogen-bond donors (Lipinski definition) is 1. The van der Waals surface area contributed by atoms with Crippen LogP contribution in [-0.4, -0.2) is 34.7 Å². The molecule has 0 aliphatic rings. The highest BCUT2D eigenvalue weighted by Gasteiger charge is 2.24. The Balaban J connectivity index is 1.53. The normalized spacial score (nSPS) is 11.7. The van der Waals surface area contributed by atoms with Crippen molar-refractivity contribution in [3.8, 4) is 28.3 Å². The van der Waals surface area contributed by atoms with Crippen molar-refractivity contribution in [2.45, 2.75) is 72.3 Å². The second-order valence-corrected chi connectivity index (χ2v) is 11.3. The van der Waals surface area contributed by atoms with Crippen LogP contribution in [0.4, 0.5) is 0 Å². The van der Waals surface area contributed by atoms with E-state index in [0.29, 0.717) is 12.4 Å². The molecule has 1 N–H and O–H groups in total. The Morgan fingerprint density at radius 3 is 2.38 bits per heavy atom. The summed E-state index contributed by atoms with van der Waals surface area (Å²) in [5.74, 6) is 0.502. The van der Waals surface area contributed by atoms with Crippen LogP contribution in [-0.2, 0) is 24.8 Å². The Morgan fingerprint density at radius 1 is 0.925 bits per heavy atom. The van der Waals surface area contributed by atoms with Gasteiger partial charge in [0, 0.05) is 29.2 Å². The minimum atomic E-state index is -0.0901. The van der Waals surface area contributed by atoms with Crippen LogP contribution in [0.3, 0.4) is 0 Å². The van der Waals surface area contributed by atoms with E-state index >= 15 is 0 Å². The van der Waals surface area contributed by atoms with Crippen LogP contribution < -0.4 is 5.69 Å². The van der Waals surface area contributed by atoms with Crippen LogP contribution >= 0.6 is 0 Å². The Bertz CT molecular complexity index is 1640. The van der Waals surface area contributed by atoms with Gasteiger partial charge >= 0.3 is 5.69 Å². The van der Waals surface area contributed by atoms with Gasteiger partial charge in [-0.3, -0.25) is 14.1 Å². The molecule has 0 spiro atoms. The Morgan fingerprint density at radius 2 is 1.70 bits per heavy atom. The number of nitrogens with zero attached hydrogens (tertiary/aromatic N) is 6. The van der Waals surface area contributed by atoms with Crippen LogP contribution in [0.5, 0.6) is 0 Å². The zero-order valence-electron chi connectivity index (χ0n) is 24.0. The van der Waals surface area contributed by atoms with Gasteiger partial charge in [0.15, 0.2) is 0 Å². The van der Waals surface area contributed by atoms with Crippen molar-refractivity contribution in [1.82, 2.24) is 34.7 Å². The number of para-hydroxylation sites is 1. The number of hydrogen-bond acceptors (Lipinski definition) is 5. The first kappa shape index (κ1) is 27.2. The maximum atomic E-state index is 14.1. The summed E-state index contributed by atoms with van der Waals surface area (Å²) < 4.78 is 3.83. The molecule has 0 radical (unpaired) electrons. The molecule has 40 heavy (non-hydrogen) atoms. The third kappa shape index (κ3) is 5.39. The fraction of sp³-hybridized carbons (Fsp3) is 0.344. The molecule has 0 saturated carbocycles. The number of benzene rings is 2. The molecule has 2 aromatic carbocycles. The fourth-order valence-corrected chi connectivity index (χ4v) is 5.31. The molecule has 0 atom stereocenters. The Kier molecular flexibility index (Phi) is 7.78. The molecule has 5 rings (SSSR count). The number of aromatic nitrogens is 7. The molecule has 0 amide bonds. The van der Waals surface area contributed by atoms with Crippen molar-refractivity contribution < 1.29 is 0 Å². The molecular formula is C32H37N7O. The number of nitrogens with one attached hydrogen (secondary N) is 1. The standard InChI is InChI=1S/C32H37N7O/c1-6-10-24-12-8-14-27(32(3,4)5)29(24)39-21-25(11-7-2)38(31(39)40)20-22-15-17-23(18-16-22)28-26(13-9-19-33-28)30-34-36-37-35-30/h8-9,12-19,21H,6-7,10-11,20H2,1-5H3,(H,34,35,36,37). The van der Waals surface area contributed by atoms with Gasteiger partial charge < -0.3 is 0 Å². The van der Waals surface area contributed by atoms with Gasteiger partial charge in [-0.2, -0.15) is 5.21 Å². The van der Waals surface area contributed by atoms with Gasteiger partial charge in [-0.15, -0.1) is 10.2 Å². The lowest BCUT2D eigenvalue weighted by atomic mass is 9.84. The first-order valence-corrected chi connectivity index (χ1v) is 14.0. The first-order chi connectivity index (χ1) is 19.3. The maximum absolute atomic E-state index is 14.1. The van der Waals surface area contributed by atoms with Gasteiger partial charge in [0.1, 0.15) is 0 Å². The second-order valence-electron chi connectivity index (χ2n) is 11.3. The number of aryl methyl sites for hydroxylation is 2. The average Bonchev–Trinajstić information content (AvgIpc) is 3.58. The lowest BCUT2D eigenvalue weighted by molar-refractivity contribution is 0.583. The van der Waals surface area contributed by atoms with E-state index in [-0.39, 0.29) is 11.1 Å². The van der Waals surface area contributed by atoms with Crippen molar-refractivity contribution in [3.05, 3.63) is 99.9 Å². The highest BCUT2D eigenvalue weighted by Crippen LogP contribution is 2.32. The second kappa shape index (κ2) is 11.4. The van der Waals surface area contributed by atoms with E-state index in [4.69, 9.17) is 0 Å². The third-order valence-corrected chi connectivity index (χ3v) is 7.22. The number of aromatic amines is 1. The summed E-state index contributed by atoms with van der Waals surface area (Å²) in [6, 6.07) is 18.4. The first-order valence-electron chi connectivity index (χ1n) is 14.0. The molecule has 8 heteroatoms. The molecule has 0 bridgehead atoms. The predicted octanol–water partition coefficient (Wildman–Crippen LogP) is 6.13. The van der Waals surface area contributed by atoms with E-state index in [0.717, 1.165) is 59.4 Å². The van der Waals surface area contributed by atoms with Crippen LogP contribution in [0.2, 0.25) is 0 Å². The van der Waals surface area contributed by atoms with E-state index in [1.54, 1.807) is 6.20 Å². The number of H-pyrrole nitrogens is 1. The van der Waals surface area contributed by atoms with E-state index in [9.17, 15) is 4.79 Å². The van der Waals surface area contributed by atoms with Gasteiger partial charge in [-0.1, -0.05) is 89.9 Å². The lowest BCUT2D eigenvalue weighted by Crippen LogP contribution is -2.27. The number of rotatable bonds is 9. The molecule has 0 saturated heterocycles. The molecule has 3 heterocycles. The SMILES string of the molecule is CCCc1cccc(C(C)(C)C)c1-n1cc(CCC)n(Cc2ccc(-c3ncccc3-c3nn[nH]n3)cc2)c1=O. The predicted molar refractivity (Wildman–Crippen MR) is 159 cm³/mol. The third-order valence-electron chi connectivity index (χ3n) is 7.22. The van der Waals surface area contributed by atoms with Crippen LogP contribution in [0.25, 0.3) is 28.3 Å². The molecular weight excluding hydrogens is 498 g/mol. The maximum Gasteiger partial charge on any atom is 0.333 e. The zero-order valence-corrected chi connectivity index (χ0v) is 24.0. The highest BCUT2D eigenvalue weighted by atomic mass is 16.1. The van der Waals surface area contributed by atoms with Gasteiger partial charge in [0.05, 0.1) is 17.9 Å². The molecule has 0 fully saturated rings. The van der Waals surface area contributed by atoms with Crippen LogP contribution in [0, 0.1) is 0 Å². The molecule has 0 unspecified atom stereocenters. The van der Waals surface area contributed by atoms with Gasteiger partial charge in [-0.05, 0) is 52.3 Å². The van der Waals surface area contributed by atoms with Gasteiger partial charge in [-0.25, -0.2) is 4.79 Å². The Hall–Kier alpha value is -4.33. The van der Waals surface area contributed by atoms with Crippen molar-refractivity contribution in [3.63, 3.8) is 0 Å². The lowest BCUT2D eigenvalue weighted by Gasteiger charge is -2.25. The van der Waals surface area contributed by atoms with E-state index in [2.05, 4.69) is 96.8 Å². The van der Waals surface area contributed by atoms with E-state index in [1.165, 1.54) is 11.1 Å². The fourth-order valence-electron chi connectivity index (χ4n) is 5.31.